The topological polar surface area (TPSA) is 117 Å². The van der Waals surface area contributed by atoms with Crippen LogP contribution in [0.2, 0.25) is 0 Å². The molecular formula is C29H42N4O6. The Balaban J connectivity index is 1.44. The number of ether oxygens (including phenoxy) is 2. The first-order chi connectivity index (χ1) is 18.6. The molecule has 3 atom stereocenters. The Labute approximate surface area is 230 Å². The minimum Gasteiger partial charge on any atom is -0.483 e. The van der Waals surface area contributed by atoms with Crippen molar-refractivity contribution >= 4 is 23.6 Å². The Morgan fingerprint density at radius 2 is 1.87 bits per heavy atom. The summed E-state index contributed by atoms with van der Waals surface area (Å²) in [6, 6.07) is 5.33. The minimum absolute atomic E-state index is 0.0410. The van der Waals surface area contributed by atoms with Crippen molar-refractivity contribution in [3.05, 3.63) is 29.8 Å². The van der Waals surface area contributed by atoms with Gasteiger partial charge in [-0.15, -0.1) is 0 Å². The summed E-state index contributed by atoms with van der Waals surface area (Å²) in [5.41, 5.74) is 0.0943. The van der Waals surface area contributed by atoms with Gasteiger partial charge in [0.2, 0.25) is 11.8 Å². The van der Waals surface area contributed by atoms with E-state index in [-0.39, 0.29) is 53.1 Å². The van der Waals surface area contributed by atoms with E-state index in [4.69, 9.17) is 9.47 Å². The Hall–Kier alpha value is -3.14. The predicted octanol–water partition coefficient (Wildman–Crippen LogP) is 2.12. The average molecular weight is 543 g/mol. The maximum Gasteiger partial charge on any atom is 0.258 e. The molecule has 3 unspecified atom stereocenters. The summed E-state index contributed by atoms with van der Waals surface area (Å²) in [5.74, 6) is -0.584. The highest BCUT2D eigenvalue weighted by molar-refractivity contribution is 6.00. The maximum atomic E-state index is 13.8. The lowest BCUT2D eigenvalue weighted by Crippen LogP contribution is -2.57. The largest absolute Gasteiger partial charge is 0.483 e. The van der Waals surface area contributed by atoms with Gasteiger partial charge in [0, 0.05) is 18.6 Å². The van der Waals surface area contributed by atoms with Gasteiger partial charge in [0.25, 0.3) is 11.8 Å². The van der Waals surface area contributed by atoms with E-state index in [0.29, 0.717) is 39.1 Å². The van der Waals surface area contributed by atoms with E-state index < -0.39 is 18.0 Å². The fraction of sp³-hybridized carbons (Fsp3) is 0.655. The molecule has 3 aliphatic rings. The van der Waals surface area contributed by atoms with Gasteiger partial charge in [-0.05, 0) is 64.0 Å². The summed E-state index contributed by atoms with van der Waals surface area (Å²) < 4.78 is 11.2. The van der Waals surface area contributed by atoms with Crippen LogP contribution in [-0.2, 0) is 19.1 Å². The van der Waals surface area contributed by atoms with Gasteiger partial charge in [-0.3, -0.25) is 19.2 Å². The quantitative estimate of drug-likeness (QED) is 0.468. The van der Waals surface area contributed by atoms with Gasteiger partial charge in [-0.2, -0.15) is 0 Å². The SMILES string of the molecule is CC(C)CC(NC(=O)c1ccccc1OCC(=O)NC1(C)CC1)C(=O)N1CCCC1C(=O)N1CCOCC1C. The van der Waals surface area contributed by atoms with Gasteiger partial charge < -0.3 is 29.9 Å². The van der Waals surface area contributed by atoms with E-state index in [9.17, 15) is 19.2 Å². The van der Waals surface area contributed by atoms with Crippen LogP contribution in [0.3, 0.4) is 0 Å². The zero-order chi connectivity index (χ0) is 28.2. The molecule has 10 nitrogen and oxygen atoms in total. The molecule has 0 radical (unpaired) electrons. The van der Waals surface area contributed by atoms with E-state index in [2.05, 4.69) is 10.6 Å². The van der Waals surface area contributed by atoms with Gasteiger partial charge in [-0.25, -0.2) is 0 Å². The molecule has 0 spiro atoms. The lowest BCUT2D eigenvalue weighted by molar-refractivity contribution is -0.150. The minimum atomic E-state index is -0.792. The van der Waals surface area contributed by atoms with Crippen LogP contribution >= 0.6 is 0 Å². The van der Waals surface area contributed by atoms with Crippen LogP contribution in [0.5, 0.6) is 5.75 Å². The molecule has 214 valence electrons. The summed E-state index contributed by atoms with van der Waals surface area (Å²) >= 11 is 0. The Morgan fingerprint density at radius 1 is 1.13 bits per heavy atom. The van der Waals surface area contributed by atoms with Crippen molar-refractivity contribution in [3.63, 3.8) is 0 Å². The maximum absolute atomic E-state index is 13.8. The van der Waals surface area contributed by atoms with Crippen molar-refractivity contribution in [1.29, 1.82) is 0 Å². The second kappa shape index (κ2) is 12.4. The summed E-state index contributed by atoms with van der Waals surface area (Å²) in [5, 5.41) is 5.85. The number of benzene rings is 1. The number of morpholine rings is 1. The first kappa shape index (κ1) is 28.9. The molecular weight excluding hydrogens is 500 g/mol. The second-order valence-corrected chi connectivity index (χ2v) is 11.7. The van der Waals surface area contributed by atoms with Crippen LogP contribution in [0.25, 0.3) is 0 Å². The molecule has 1 aromatic carbocycles. The van der Waals surface area contributed by atoms with Crippen molar-refractivity contribution in [2.24, 2.45) is 5.92 Å². The molecule has 2 heterocycles. The fourth-order valence-corrected chi connectivity index (χ4v) is 5.27. The van der Waals surface area contributed by atoms with Crippen LogP contribution in [0.15, 0.2) is 24.3 Å². The zero-order valence-corrected chi connectivity index (χ0v) is 23.5. The van der Waals surface area contributed by atoms with Gasteiger partial charge >= 0.3 is 0 Å². The summed E-state index contributed by atoms with van der Waals surface area (Å²) in [6.07, 6.45) is 3.66. The predicted molar refractivity (Wildman–Crippen MR) is 145 cm³/mol. The number of rotatable bonds is 10. The molecule has 3 fully saturated rings. The molecule has 2 aliphatic heterocycles. The molecule has 0 bridgehead atoms. The Kier molecular flexibility index (Phi) is 9.15. The number of nitrogens with one attached hydrogen (secondary N) is 2. The normalized spacial score (nSPS) is 22.8. The van der Waals surface area contributed by atoms with Crippen molar-refractivity contribution in [2.45, 2.75) is 83.5 Å². The molecule has 10 heteroatoms. The molecule has 4 amide bonds. The lowest BCUT2D eigenvalue weighted by atomic mass is 10.0. The van der Waals surface area contributed by atoms with Gasteiger partial charge in [0.15, 0.2) is 6.61 Å². The van der Waals surface area contributed by atoms with Crippen molar-refractivity contribution < 1.29 is 28.7 Å². The number of hydrogen-bond donors (Lipinski definition) is 2. The van der Waals surface area contributed by atoms with E-state index in [1.807, 2.05) is 32.6 Å². The number of carbonyl (C=O) groups excluding carboxylic acids is 4. The highest BCUT2D eigenvalue weighted by Gasteiger charge is 2.41. The van der Waals surface area contributed by atoms with Gasteiger partial charge in [0.1, 0.15) is 17.8 Å². The molecule has 2 N–H and O–H groups in total. The molecule has 2 saturated heterocycles. The van der Waals surface area contributed by atoms with Crippen LogP contribution in [0.4, 0.5) is 0 Å². The monoisotopic (exact) mass is 542 g/mol. The van der Waals surface area contributed by atoms with Gasteiger partial charge in [-0.1, -0.05) is 26.0 Å². The molecule has 4 rings (SSSR count). The lowest BCUT2D eigenvalue weighted by Gasteiger charge is -2.37. The fourth-order valence-electron chi connectivity index (χ4n) is 5.27. The molecule has 1 saturated carbocycles. The number of hydrogen-bond acceptors (Lipinski definition) is 6. The van der Waals surface area contributed by atoms with Crippen molar-refractivity contribution in [1.82, 2.24) is 20.4 Å². The number of amides is 4. The summed E-state index contributed by atoms with van der Waals surface area (Å²) in [7, 11) is 0. The third-order valence-electron chi connectivity index (χ3n) is 7.71. The van der Waals surface area contributed by atoms with E-state index >= 15 is 0 Å². The van der Waals surface area contributed by atoms with Crippen LogP contribution in [0.1, 0.15) is 70.2 Å². The third kappa shape index (κ3) is 7.29. The van der Waals surface area contributed by atoms with Crippen LogP contribution in [-0.4, -0.2) is 90.0 Å². The summed E-state index contributed by atoms with van der Waals surface area (Å²) in [6.45, 7) is 9.69. The van der Waals surface area contributed by atoms with Crippen molar-refractivity contribution in [2.75, 3.05) is 32.9 Å². The van der Waals surface area contributed by atoms with Gasteiger partial charge in [0.05, 0.1) is 24.8 Å². The number of likely N-dealkylation sites (tertiary alicyclic amines) is 1. The average Bonchev–Trinajstić information content (AvgIpc) is 3.42. The van der Waals surface area contributed by atoms with Crippen LogP contribution < -0.4 is 15.4 Å². The summed E-state index contributed by atoms with van der Waals surface area (Å²) in [4.78, 5) is 56.4. The smallest absolute Gasteiger partial charge is 0.258 e. The molecule has 1 aromatic rings. The van der Waals surface area contributed by atoms with Crippen molar-refractivity contribution in [3.8, 4) is 5.75 Å². The number of nitrogens with zero attached hydrogens (tertiary/aromatic N) is 2. The standard InChI is InChI=1S/C29H42N4O6/c1-19(2)16-22(27(36)33-13-7-9-23(33)28(37)32-14-15-38-17-20(32)3)30-26(35)21-8-5-6-10-24(21)39-18-25(34)31-29(4)11-12-29/h5-6,8,10,19-20,22-23H,7,9,11-18H2,1-4H3,(H,30,35)(H,31,34). The van der Waals surface area contributed by atoms with E-state index in [0.717, 1.165) is 19.3 Å². The van der Waals surface area contributed by atoms with E-state index in [1.165, 1.54) is 0 Å². The first-order valence-electron chi connectivity index (χ1n) is 14.1. The highest BCUT2D eigenvalue weighted by atomic mass is 16.5. The van der Waals surface area contributed by atoms with Crippen LogP contribution in [0, 0.1) is 5.92 Å². The molecule has 1 aliphatic carbocycles. The second-order valence-electron chi connectivity index (χ2n) is 11.7. The Bertz CT molecular complexity index is 1070. The van der Waals surface area contributed by atoms with E-state index in [1.54, 1.807) is 29.2 Å². The third-order valence-corrected chi connectivity index (χ3v) is 7.71. The number of para-hydroxylation sites is 1. The first-order valence-corrected chi connectivity index (χ1v) is 14.1. The Morgan fingerprint density at radius 3 is 2.56 bits per heavy atom. The zero-order valence-electron chi connectivity index (χ0n) is 23.5. The molecule has 39 heavy (non-hydrogen) atoms. The number of carbonyl (C=O) groups is 4. The highest BCUT2D eigenvalue weighted by Crippen LogP contribution is 2.34. The molecule has 0 aromatic heterocycles.